The zero-order valence-electron chi connectivity index (χ0n) is 29.0. The Kier molecular flexibility index (Phi) is 14.4. The van der Waals surface area contributed by atoms with E-state index >= 15 is 0 Å². The lowest BCUT2D eigenvalue weighted by Gasteiger charge is -2.31. The predicted molar refractivity (Wildman–Crippen MR) is 198 cm³/mol. The van der Waals surface area contributed by atoms with Gasteiger partial charge in [-0.25, -0.2) is 4.79 Å². The topological polar surface area (TPSA) is 214 Å². The zero-order valence-corrected chi connectivity index (χ0v) is 29.0. The summed E-state index contributed by atoms with van der Waals surface area (Å²) in [5, 5.41) is 29.1. The molecule has 0 heterocycles. The molecule has 12 heteroatoms. The number of carboxylic acids is 2. The van der Waals surface area contributed by atoms with Crippen molar-refractivity contribution in [3.63, 3.8) is 0 Å². The highest BCUT2D eigenvalue weighted by Crippen LogP contribution is 2.22. The third kappa shape index (κ3) is 11.7. The number of nitrogens with two attached hydrogens (primary N) is 2. The van der Waals surface area contributed by atoms with Crippen molar-refractivity contribution < 1.29 is 34.2 Å². The molecular formula is C40H47N5O7. The van der Waals surface area contributed by atoms with Crippen LogP contribution in [0.2, 0.25) is 0 Å². The maximum absolute atomic E-state index is 14.3. The standard InChI is InChI=1S/C40H47N5O7/c41-22-10-9-17-32(36(48)43-33(20-21-35(46)47)37(49)44-34(38(50)51)24-27-11-3-1-4-12-27)45-39(52)40(42,25-28-13-5-2-6-14-28)26-29-18-19-30-15-7-8-16-31(30)23-29/h1-8,11-16,18-19,23,32-34H,9-10,17,20-22,24-26,41-42H2,(H,43,48)(H,44,49)(H,45,52)(H,46,47)(H,50,51)/t32-,33-,34-,40?/m0/s1. The number of carboxylic acid groups (broad SMARTS) is 2. The Morgan fingerprint density at radius 3 is 1.79 bits per heavy atom. The van der Waals surface area contributed by atoms with Gasteiger partial charge < -0.3 is 37.6 Å². The molecule has 4 atom stereocenters. The Balaban J connectivity index is 1.57. The van der Waals surface area contributed by atoms with Gasteiger partial charge in [0.25, 0.3) is 0 Å². The number of aliphatic carboxylic acids is 2. The van der Waals surface area contributed by atoms with Gasteiger partial charge in [0, 0.05) is 12.8 Å². The van der Waals surface area contributed by atoms with Gasteiger partial charge in [0.2, 0.25) is 17.7 Å². The maximum atomic E-state index is 14.3. The Bertz CT molecular complexity index is 1820. The zero-order chi connectivity index (χ0) is 37.5. The summed E-state index contributed by atoms with van der Waals surface area (Å²) in [6.07, 6.45) is 0.653. The average Bonchev–Trinajstić information content (AvgIpc) is 3.13. The van der Waals surface area contributed by atoms with E-state index in [1.54, 1.807) is 30.3 Å². The molecule has 4 aromatic rings. The quantitative estimate of drug-likeness (QED) is 0.0671. The highest BCUT2D eigenvalue weighted by molar-refractivity contribution is 5.95. The summed E-state index contributed by atoms with van der Waals surface area (Å²) in [5.74, 6) is -4.69. The number of fused-ring (bicyclic) bond motifs is 1. The fourth-order valence-electron chi connectivity index (χ4n) is 6.09. The summed E-state index contributed by atoms with van der Waals surface area (Å²) in [6.45, 7) is 0.348. The van der Waals surface area contributed by atoms with E-state index in [-0.39, 0.29) is 32.1 Å². The van der Waals surface area contributed by atoms with Crippen LogP contribution >= 0.6 is 0 Å². The Labute approximate surface area is 303 Å². The average molecular weight is 710 g/mol. The second kappa shape index (κ2) is 19.1. The van der Waals surface area contributed by atoms with Crippen molar-refractivity contribution in [2.24, 2.45) is 11.5 Å². The smallest absolute Gasteiger partial charge is 0.326 e. The normalized spacial score (nSPS) is 14.0. The van der Waals surface area contributed by atoms with Crippen LogP contribution in [0.5, 0.6) is 0 Å². The van der Waals surface area contributed by atoms with Gasteiger partial charge in [0.1, 0.15) is 23.7 Å². The summed E-state index contributed by atoms with van der Waals surface area (Å²) >= 11 is 0. The number of unbranched alkanes of at least 4 members (excludes halogenated alkanes) is 1. The minimum absolute atomic E-state index is 0.0313. The number of rotatable bonds is 20. The second-order valence-electron chi connectivity index (χ2n) is 13.1. The summed E-state index contributed by atoms with van der Waals surface area (Å²) in [6, 6.07) is 27.8. The molecule has 0 aromatic heterocycles. The molecule has 274 valence electrons. The first-order valence-corrected chi connectivity index (χ1v) is 17.4. The monoisotopic (exact) mass is 709 g/mol. The van der Waals surface area contributed by atoms with Crippen molar-refractivity contribution in [2.75, 3.05) is 6.54 Å². The van der Waals surface area contributed by atoms with Gasteiger partial charge >= 0.3 is 11.9 Å². The van der Waals surface area contributed by atoms with Gasteiger partial charge in [0.15, 0.2) is 0 Å². The van der Waals surface area contributed by atoms with Crippen LogP contribution in [0.3, 0.4) is 0 Å². The Morgan fingerprint density at radius 2 is 1.17 bits per heavy atom. The van der Waals surface area contributed by atoms with E-state index in [9.17, 15) is 34.2 Å². The van der Waals surface area contributed by atoms with E-state index in [4.69, 9.17) is 11.5 Å². The lowest BCUT2D eigenvalue weighted by molar-refractivity contribution is -0.143. The van der Waals surface area contributed by atoms with E-state index in [0.29, 0.717) is 24.9 Å². The highest BCUT2D eigenvalue weighted by atomic mass is 16.4. The molecule has 52 heavy (non-hydrogen) atoms. The first-order chi connectivity index (χ1) is 25.0. The fourth-order valence-corrected chi connectivity index (χ4v) is 6.09. The third-order valence-electron chi connectivity index (χ3n) is 8.89. The van der Waals surface area contributed by atoms with Crippen LogP contribution in [-0.4, -0.2) is 70.1 Å². The molecule has 0 aliphatic rings. The van der Waals surface area contributed by atoms with Crippen LogP contribution in [0.15, 0.2) is 103 Å². The largest absolute Gasteiger partial charge is 0.481 e. The van der Waals surface area contributed by atoms with Crippen molar-refractivity contribution in [1.29, 1.82) is 0 Å². The summed E-state index contributed by atoms with van der Waals surface area (Å²) < 4.78 is 0. The van der Waals surface area contributed by atoms with Gasteiger partial charge in [-0.1, -0.05) is 103 Å². The first-order valence-electron chi connectivity index (χ1n) is 17.4. The highest BCUT2D eigenvalue weighted by Gasteiger charge is 2.38. The predicted octanol–water partition coefficient (Wildman–Crippen LogP) is 3.10. The number of amides is 3. The van der Waals surface area contributed by atoms with E-state index in [1.165, 1.54) is 0 Å². The maximum Gasteiger partial charge on any atom is 0.326 e. The molecule has 3 amide bonds. The van der Waals surface area contributed by atoms with E-state index in [1.807, 2.05) is 72.8 Å². The van der Waals surface area contributed by atoms with Gasteiger partial charge in [-0.15, -0.1) is 0 Å². The Hall–Kier alpha value is -5.59. The number of carbonyl (C=O) groups excluding carboxylic acids is 3. The molecule has 0 spiro atoms. The summed E-state index contributed by atoms with van der Waals surface area (Å²) in [4.78, 5) is 65.2. The van der Waals surface area contributed by atoms with E-state index in [2.05, 4.69) is 16.0 Å². The third-order valence-corrected chi connectivity index (χ3v) is 8.89. The second-order valence-corrected chi connectivity index (χ2v) is 13.1. The molecular weight excluding hydrogens is 662 g/mol. The van der Waals surface area contributed by atoms with Gasteiger partial charge in [0.05, 0.1) is 0 Å². The van der Waals surface area contributed by atoms with Crippen molar-refractivity contribution in [3.8, 4) is 0 Å². The first kappa shape index (κ1) is 39.2. The van der Waals surface area contributed by atoms with Gasteiger partial charge in [-0.3, -0.25) is 19.2 Å². The van der Waals surface area contributed by atoms with Crippen LogP contribution in [0.4, 0.5) is 0 Å². The minimum atomic E-state index is -1.50. The minimum Gasteiger partial charge on any atom is -0.481 e. The van der Waals surface area contributed by atoms with Gasteiger partial charge in [-0.05, 0) is 72.5 Å². The number of hydrogen-bond acceptors (Lipinski definition) is 7. The molecule has 1 unspecified atom stereocenters. The number of carbonyl (C=O) groups is 5. The molecule has 0 saturated carbocycles. The molecule has 0 fully saturated rings. The molecule has 0 saturated heterocycles. The Morgan fingerprint density at radius 1 is 0.615 bits per heavy atom. The number of hydrogen-bond donors (Lipinski definition) is 7. The van der Waals surface area contributed by atoms with Crippen LogP contribution in [-0.2, 0) is 43.2 Å². The molecule has 4 rings (SSSR count). The van der Waals surface area contributed by atoms with Crippen LogP contribution < -0.4 is 27.4 Å². The van der Waals surface area contributed by atoms with E-state index in [0.717, 1.165) is 21.9 Å². The van der Waals surface area contributed by atoms with Crippen molar-refractivity contribution >= 4 is 40.4 Å². The fraction of sp³-hybridized carbons (Fsp3) is 0.325. The lowest BCUT2D eigenvalue weighted by atomic mass is 9.84. The molecule has 0 aliphatic carbocycles. The van der Waals surface area contributed by atoms with Crippen LogP contribution in [0.25, 0.3) is 10.8 Å². The van der Waals surface area contributed by atoms with Crippen molar-refractivity contribution in [1.82, 2.24) is 16.0 Å². The molecule has 9 N–H and O–H groups in total. The summed E-state index contributed by atoms with van der Waals surface area (Å²) in [7, 11) is 0. The number of benzene rings is 4. The van der Waals surface area contributed by atoms with Crippen LogP contribution in [0.1, 0.15) is 48.8 Å². The molecule has 0 aliphatic heterocycles. The molecule has 0 bridgehead atoms. The van der Waals surface area contributed by atoms with E-state index < -0.39 is 59.7 Å². The summed E-state index contributed by atoms with van der Waals surface area (Å²) in [5.41, 5.74) is 13.5. The van der Waals surface area contributed by atoms with Crippen molar-refractivity contribution in [3.05, 3.63) is 120 Å². The van der Waals surface area contributed by atoms with Gasteiger partial charge in [-0.2, -0.15) is 0 Å². The van der Waals surface area contributed by atoms with Crippen LogP contribution in [0, 0.1) is 0 Å². The number of nitrogens with one attached hydrogen (secondary N) is 3. The van der Waals surface area contributed by atoms with Crippen molar-refractivity contribution in [2.45, 2.75) is 75.0 Å². The molecule has 12 nitrogen and oxygen atoms in total. The molecule has 4 aromatic carbocycles. The SMILES string of the molecule is NCCCC[C@H](NC(=O)C(N)(Cc1ccccc1)Cc1ccc2ccccc2c1)C(=O)N[C@@H](CCC(=O)O)C(=O)N[C@@H](Cc1ccccc1)C(=O)O. The molecule has 0 radical (unpaired) electrons. The lowest BCUT2D eigenvalue weighted by Crippen LogP contribution is -2.62.